The van der Waals surface area contributed by atoms with Gasteiger partial charge in [-0.25, -0.2) is 0 Å². The number of hydrogen-bond donors (Lipinski definition) is 3. The number of benzene rings is 2. The van der Waals surface area contributed by atoms with Crippen LogP contribution in [0, 0.1) is 0 Å². The van der Waals surface area contributed by atoms with Crippen molar-refractivity contribution < 1.29 is 17.8 Å². The molecular formula is C22H25N3O4S. The second-order valence-electron chi connectivity index (χ2n) is 7.12. The van der Waals surface area contributed by atoms with Gasteiger partial charge in [0.25, 0.3) is 0 Å². The minimum atomic E-state index is -4.31. The third-order valence-electron chi connectivity index (χ3n) is 4.78. The number of carbonyl (C=O) groups is 1. The normalized spacial score (nSPS) is 14.6. The largest absolute Gasteiger partial charge is 0.357 e. The first-order chi connectivity index (χ1) is 14.3. The van der Waals surface area contributed by atoms with E-state index in [1.807, 2.05) is 42.0 Å². The zero-order valence-corrected chi connectivity index (χ0v) is 17.5. The SMILES string of the molecule is CCC1=CCC([C@H](Cc2ccc(NS(=O)(=O)O)cc2)NC(=O)Cc2ccccc2)=N1. The van der Waals surface area contributed by atoms with Crippen molar-refractivity contribution >= 4 is 27.6 Å². The molecule has 0 unspecified atom stereocenters. The van der Waals surface area contributed by atoms with Gasteiger partial charge >= 0.3 is 10.3 Å². The Balaban J connectivity index is 1.72. The van der Waals surface area contributed by atoms with Crippen molar-refractivity contribution in [2.45, 2.75) is 38.6 Å². The number of anilines is 1. The maximum atomic E-state index is 12.6. The second-order valence-corrected chi connectivity index (χ2v) is 8.27. The topological polar surface area (TPSA) is 108 Å². The summed E-state index contributed by atoms with van der Waals surface area (Å²) in [6.07, 6.45) is 4.42. The minimum Gasteiger partial charge on any atom is -0.347 e. The first-order valence-corrected chi connectivity index (χ1v) is 11.2. The molecule has 8 heteroatoms. The van der Waals surface area contributed by atoms with Gasteiger partial charge in [-0.2, -0.15) is 8.42 Å². The van der Waals surface area contributed by atoms with E-state index in [0.29, 0.717) is 12.8 Å². The summed E-state index contributed by atoms with van der Waals surface area (Å²) < 4.78 is 32.8. The molecule has 0 aliphatic carbocycles. The summed E-state index contributed by atoms with van der Waals surface area (Å²) in [6, 6.07) is 15.9. The van der Waals surface area contributed by atoms with Crippen LogP contribution in [0.3, 0.4) is 0 Å². The number of carbonyl (C=O) groups excluding carboxylic acids is 1. The molecule has 3 rings (SSSR count). The van der Waals surface area contributed by atoms with Gasteiger partial charge in [-0.05, 0) is 36.1 Å². The Morgan fingerprint density at radius 2 is 1.80 bits per heavy atom. The van der Waals surface area contributed by atoms with Crippen LogP contribution in [-0.2, 0) is 27.9 Å². The Morgan fingerprint density at radius 3 is 2.40 bits per heavy atom. The third kappa shape index (κ3) is 6.53. The van der Waals surface area contributed by atoms with Crippen LogP contribution in [0.5, 0.6) is 0 Å². The molecule has 0 fully saturated rings. The third-order valence-corrected chi connectivity index (χ3v) is 5.28. The Bertz CT molecular complexity index is 1050. The predicted octanol–water partition coefficient (Wildman–Crippen LogP) is 3.31. The van der Waals surface area contributed by atoms with Crippen LogP contribution >= 0.6 is 0 Å². The van der Waals surface area contributed by atoms with E-state index in [-0.39, 0.29) is 24.1 Å². The maximum Gasteiger partial charge on any atom is 0.357 e. The van der Waals surface area contributed by atoms with Gasteiger partial charge in [0.05, 0.1) is 18.2 Å². The lowest BCUT2D eigenvalue weighted by atomic mass is 9.99. The fourth-order valence-corrected chi connectivity index (χ4v) is 3.75. The highest BCUT2D eigenvalue weighted by atomic mass is 32.2. The van der Waals surface area contributed by atoms with E-state index >= 15 is 0 Å². The molecule has 0 saturated carbocycles. The van der Waals surface area contributed by atoms with Crippen LogP contribution in [0.1, 0.15) is 30.9 Å². The standard InChI is InChI=1S/C22H25N3O4S/c1-2-18-12-13-20(23-18)21(24-22(26)15-16-6-4-3-5-7-16)14-17-8-10-19(11-9-17)25-30(27,28)29/h3-12,21,25H,2,13-15H2,1H3,(H,24,26)(H,27,28,29)/t21-/m0/s1. The monoisotopic (exact) mass is 427 g/mol. The molecule has 0 saturated heterocycles. The van der Waals surface area contributed by atoms with Gasteiger partial charge in [0, 0.05) is 17.8 Å². The predicted molar refractivity (Wildman–Crippen MR) is 118 cm³/mol. The lowest BCUT2D eigenvalue weighted by molar-refractivity contribution is -0.120. The molecule has 7 nitrogen and oxygen atoms in total. The zero-order valence-electron chi connectivity index (χ0n) is 16.7. The van der Waals surface area contributed by atoms with Crippen LogP contribution in [-0.4, -0.2) is 30.6 Å². The summed E-state index contributed by atoms with van der Waals surface area (Å²) >= 11 is 0. The molecule has 2 aromatic carbocycles. The van der Waals surface area contributed by atoms with E-state index in [1.165, 1.54) is 0 Å². The van der Waals surface area contributed by atoms with Crippen LogP contribution in [0.4, 0.5) is 5.69 Å². The van der Waals surface area contributed by atoms with E-state index in [0.717, 1.165) is 29.0 Å². The number of aliphatic imine (C=N–C) groups is 1. The number of hydrogen-bond acceptors (Lipinski definition) is 4. The zero-order chi connectivity index (χ0) is 21.6. The molecule has 158 valence electrons. The number of nitrogens with one attached hydrogen (secondary N) is 2. The molecule has 1 aliphatic heterocycles. The van der Waals surface area contributed by atoms with E-state index in [2.05, 4.69) is 16.4 Å². The Labute approximate surface area is 176 Å². The van der Waals surface area contributed by atoms with Crippen LogP contribution < -0.4 is 10.0 Å². The number of nitrogens with zero attached hydrogens (tertiary/aromatic N) is 1. The molecule has 1 amide bonds. The lowest BCUT2D eigenvalue weighted by Crippen LogP contribution is -2.42. The average Bonchev–Trinajstić information content (AvgIpc) is 3.18. The lowest BCUT2D eigenvalue weighted by Gasteiger charge is -2.20. The van der Waals surface area contributed by atoms with Gasteiger partial charge in [0.2, 0.25) is 5.91 Å². The summed E-state index contributed by atoms with van der Waals surface area (Å²) in [7, 11) is -4.31. The molecule has 3 N–H and O–H groups in total. The van der Waals surface area contributed by atoms with E-state index < -0.39 is 10.3 Å². The summed E-state index contributed by atoms with van der Waals surface area (Å²) in [4.78, 5) is 17.3. The van der Waals surface area contributed by atoms with Gasteiger partial charge in [0.1, 0.15) is 0 Å². The first kappa shape index (κ1) is 21.7. The van der Waals surface area contributed by atoms with Gasteiger partial charge in [-0.15, -0.1) is 0 Å². The fourth-order valence-electron chi connectivity index (χ4n) is 3.31. The fraction of sp³-hybridized carbons (Fsp3) is 0.273. The number of allylic oxidation sites excluding steroid dienone is 2. The minimum absolute atomic E-state index is 0.0801. The van der Waals surface area contributed by atoms with Crippen LogP contribution in [0.2, 0.25) is 0 Å². The quantitative estimate of drug-likeness (QED) is 0.534. The molecule has 0 aromatic heterocycles. The molecule has 30 heavy (non-hydrogen) atoms. The highest BCUT2D eigenvalue weighted by Gasteiger charge is 2.22. The Kier molecular flexibility index (Phi) is 7.02. The molecule has 0 radical (unpaired) electrons. The second kappa shape index (κ2) is 9.69. The summed E-state index contributed by atoms with van der Waals surface area (Å²) in [5, 5.41) is 3.10. The summed E-state index contributed by atoms with van der Waals surface area (Å²) in [5.41, 5.74) is 4.04. The molecule has 0 bridgehead atoms. The first-order valence-electron chi connectivity index (χ1n) is 9.76. The molecule has 1 aliphatic rings. The molecule has 1 atom stereocenters. The van der Waals surface area contributed by atoms with Gasteiger partial charge in [0.15, 0.2) is 0 Å². The van der Waals surface area contributed by atoms with Crippen molar-refractivity contribution in [3.05, 3.63) is 77.5 Å². The van der Waals surface area contributed by atoms with Crippen LogP contribution in [0.15, 0.2) is 71.4 Å². The van der Waals surface area contributed by atoms with Crippen molar-refractivity contribution in [2.75, 3.05) is 4.72 Å². The smallest absolute Gasteiger partial charge is 0.347 e. The number of amides is 1. The summed E-state index contributed by atoms with van der Waals surface area (Å²) in [5.74, 6) is -0.0801. The van der Waals surface area contributed by atoms with Crippen LogP contribution in [0.25, 0.3) is 0 Å². The van der Waals surface area contributed by atoms with Crippen molar-refractivity contribution in [3.63, 3.8) is 0 Å². The van der Waals surface area contributed by atoms with E-state index in [4.69, 9.17) is 4.55 Å². The number of rotatable bonds is 9. The highest BCUT2D eigenvalue weighted by molar-refractivity contribution is 7.87. The average molecular weight is 428 g/mol. The van der Waals surface area contributed by atoms with Gasteiger partial charge < -0.3 is 5.32 Å². The maximum absolute atomic E-state index is 12.6. The highest BCUT2D eigenvalue weighted by Crippen LogP contribution is 2.19. The molecular weight excluding hydrogens is 402 g/mol. The molecule has 0 spiro atoms. The molecule has 1 heterocycles. The summed E-state index contributed by atoms with van der Waals surface area (Å²) in [6.45, 7) is 2.04. The van der Waals surface area contributed by atoms with Gasteiger partial charge in [-0.3, -0.25) is 19.1 Å². The Morgan fingerprint density at radius 1 is 1.10 bits per heavy atom. The van der Waals surface area contributed by atoms with Crippen molar-refractivity contribution in [2.24, 2.45) is 4.99 Å². The van der Waals surface area contributed by atoms with Crippen molar-refractivity contribution in [3.8, 4) is 0 Å². The van der Waals surface area contributed by atoms with Gasteiger partial charge in [-0.1, -0.05) is 55.5 Å². The van der Waals surface area contributed by atoms with E-state index in [9.17, 15) is 13.2 Å². The van der Waals surface area contributed by atoms with Crippen molar-refractivity contribution in [1.29, 1.82) is 0 Å². The Hall–Kier alpha value is -2.97. The van der Waals surface area contributed by atoms with E-state index in [1.54, 1.807) is 24.3 Å². The molecule has 2 aromatic rings. The van der Waals surface area contributed by atoms with Crippen molar-refractivity contribution in [1.82, 2.24) is 5.32 Å².